The van der Waals surface area contributed by atoms with E-state index in [9.17, 15) is 0 Å². The minimum atomic E-state index is 0. The van der Waals surface area contributed by atoms with Crippen molar-refractivity contribution in [3.63, 3.8) is 0 Å². The van der Waals surface area contributed by atoms with Gasteiger partial charge in [-0.05, 0) is 36.4 Å². The highest BCUT2D eigenvalue weighted by Gasteiger charge is 1.59. The van der Waals surface area contributed by atoms with Crippen LogP contribution in [-0.4, -0.2) is 9.97 Å². The quantitative estimate of drug-likeness (QED) is 0.441. The molecule has 3 nitrogen and oxygen atoms in total. The Hall–Kier alpha value is -2.29. The SMILES string of the molecule is C.C.C.CC.CC.CC.c1cc[nH]c1.c1ccncc1.c1ccoc1. The van der Waals surface area contributed by atoms with E-state index in [1.807, 2.05) is 96.4 Å². The average molecular weight is 353 g/mol. The molecular weight excluding hydrogens is 308 g/mol. The van der Waals surface area contributed by atoms with E-state index in [-0.39, 0.29) is 22.3 Å². The maximum atomic E-state index is 4.58. The minimum absolute atomic E-state index is 0. The first-order valence-corrected chi connectivity index (χ1v) is 7.90. The fourth-order valence-corrected chi connectivity index (χ4v) is 0.817. The average Bonchev–Trinajstić information content (AvgIpc) is 3.40. The summed E-state index contributed by atoms with van der Waals surface area (Å²) < 4.78 is 4.58. The Morgan fingerprint density at radius 2 is 0.960 bits per heavy atom. The number of hydrogen-bond donors (Lipinski definition) is 1. The molecule has 0 aliphatic heterocycles. The Bertz CT molecular complexity index is 307. The van der Waals surface area contributed by atoms with E-state index in [0.717, 1.165) is 0 Å². The smallest absolute Gasteiger partial charge is 0.0902 e. The van der Waals surface area contributed by atoms with Crippen LogP contribution in [0.4, 0.5) is 0 Å². The molecule has 0 amide bonds. The molecule has 0 aliphatic rings. The third-order valence-corrected chi connectivity index (χ3v) is 1.49. The van der Waals surface area contributed by atoms with Crippen LogP contribution in [0, 0.1) is 0 Å². The maximum Gasteiger partial charge on any atom is 0.0902 e. The van der Waals surface area contributed by atoms with Crippen molar-refractivity contribution < 1.29 is 4.42 Å². The molecule has 0 saturated carbocycles. The Balaban J connectivity index is -0.0000000449. The number of pyridine rings is 1. The Kier molecular flexibility index (Phi) is 76.0. The number of nitrogens with zero attached hydrogens (tertiary/aromatic N) is 1. The fourth-order valence-electron chi connectivity index (χ4n) is 0.817. The zero-order chi connectivity index (χ0) is 17.3. The van der Waals surface area contributed by atoms with E-state index < -0.39 is 0 Å². The molecule has 0 unspecified atom stereocenters. The van der Waals surface area contributed by atoms with E-state index in [4.69, 9.17) is 0 Å². The number of furan rings is 1. The number of H-pyrrole nitrogens is 1. The fraction of sp³-hybridized carbons (Fsp3) is 0.409. The van der Waals surface area contributed by atoms with Gasteiger partial charge in [0.25, 0.3) is 0 Å². The molecule has 3 heterocycles. The van der Waals surface area contributed by atoms with Gasteiger partial charge in [0.05, 0.1) is 12.5 Å². The molecule has 25 heavy (non-hydrogen) atoms. The molecule has 0 aliphatic carbocycles. The lowest BCUT2D eigenvalue weighted by Crippen LogP contribution is -1.58. The second-order valence-corrected chi connectivity index (χ2v) is 2.70. The van der Waals surface area contributed by atoms with Crippen molar-refractivity contribution in [3.8, 4) is 0 Å². The van der Waals surface area contributed by atoms with Crippen LogP contribution in [0.15, 0.2) is 84.2 Å². The van der Waals surface area contributed by atoms with Crippen molar-refractivity contribution in [1.82, 2.24) is 9.97 Å². The molecule has 1 N–H and O–H groups in total. The van der Waals surface area contributed by atoms with Crippen LogP contribution in [0.2, 0.25) is 0 Å². The van der Waals surface area contributed by atoms with E-state index in [1.165, 1.54) is 0 Å². The summed E-state index contributed by atoms with van der Waals surface area (Å²) in [5.74, 6) is 0. The highest BCUT2D eigenvalue weighted by Crippen LogP contribution is 1.79. The van der Waals surface area contributed by atoms with Gasteiger partial charge < -0.3 is 9.40 Å². The van der Waals surface area contributed by atoms with Gasteiger partial charge in [0.2, 0.25) is 0 Å². The van der Waals surface area contributed by atoms with Gasteiger partial charge in [-0.1, -0.05) is 69.9 Å². The second kappa shape index (κ2) is 49.5. The van der Waals surface area contributed by atoms with Crippen molar-refractivity contribution in [2.45, 2.75) is 63.8 Å². The van der Waals surface area contributed by atoms with Crippen LogP contribution >= 0.6 is 0 Å². The largest absolute Gasteiger partial charge is 0.473 e. The molecule has 0 fully saturated rings. The number of hydrogen-bond acceptors (Lipinski definition) is 2. The first kappa shape index (κ1) is 38.3. The number of rotatable bonds is 0. The number of nitrogens with one attached hydrogen (secondary N) is 1. The second-order valence-electron chi connectivity index (χ2n) is 2.70. The van der Waals surface area contributed by atoms with Crippen molar-refractivity contribution in [2.75, 3.05) is 0 Å². The standard InChI is InChI=1S/C5H5N.C4H5N.C4H4O.3C2H6.3CH4/c1-2-4-6-5-3-1;2*1-2-4-5-3-1;3*1-2;;;/h1-5H;1-5H;1-4H;3*1-2H3;3*1H4. The Morgan fingerprint density at radius 3 is 1.08 bits per heavy atom. The predicted octanol–water partition coefficient (Wildman–Crippen LogP) is 8.36. The normalized spacial score (nSPS) is 5.84. The van der Waals surface area contributed by atoms with Crippen LogP contribution < -0.4 is 0 Å². The molecule has 3 heteroatoms. The summed E-state index contributed by atoms with van der Waals surface area (Å²) in [5, 5.41) is 0. The molecule has 3 aromatic rings. The van der Waals surface area contributed by atoms with Gasteiger partial charge in [0, 0.05) is 24.8 Å². The molecule has 148 valence electrons. The highest BCUT2D eigenvalue weighted by molar-refractivity contribution is 4.88. The lowest BCUT2D eigenvalue weighted by molar-refractivity contribution is 0.567. The monoisotopic (exact) mass is 352 g/mol. The first-order valence-electron chi connectivity index (χ1n) is 7.90. The molecule has 0 atom stereocenters. The summed E-state index contributed by atoms with van der Waals surface area (Å²) in [4.78, 5) is 6.65. The van der Waals surface area contributed by atoms with E-state index >= 15 is 0 Å². The van der Waals surface area contributed by atoms with Crippen LogP contribution in [0.5, 0.6) is 0 Å². The minimum Gasteiger partial charge on any atom is -0.473 e. The van der Waals surface area contributed by atoms with Crippen molar-refractivity contribution in [2.24, 2.45) is 0 Å². The topological polar surface area (TPSA) is 41.8 Å². The van der Waals surface area contributed by atoms with Crippen molar-refractivity contribution in [3.05, 3.63) is 79.8 Å². The summed E-state index contributed by atoms with van der Waals surface area (Å²) >= 11 is 0. The van der Waals surface area contributed by atoms with Gasteiger partial charge in [-0.25, -0.2) is 0 Å². The lowest BCUT2D eigenvalue weighted by atomic mass is 10.5. The molecule has 3 rings (SSSR count). The molecule has 3 aromatic heterocycles. The van der Waals surface area contributed by atoms with Crippen molar-refractivity contribution in [1.29, 1.82) is 0 Å². The van der Waals surface area contributed by atoms with Gasteiger partial charge in [-0.3, -0.25) is 4.98 Å². The summed E-state index contributed by atoms with van der Waals surface area (Å²) in [6, 6.07) is 13.3. The van der Waals surface area contributed by atoms with Gasteiger partial charge >= 0.3 is 0 Å². The van der Waals surface area contributed by atoms with Crippen LogP contribution in [0.25, 0.3) is 0 Å². The Labute approximate surface area is 158 Å². The van der Waals surface area contributed by atoms with Gasteiger partial charge in [0.1, 0.15) is 0 Å². The number of aromatic nitrogens is 2. The molecular formula is C22H44N2O. The summed E-state index contributed by atoms with van der Waals surface area (Å²) in [5.41, 5.74) is 0. The van der Waals surface area contributed by atoms with Gasteiger partial charge in [-0.15, -0.1) is 0 Å². The molecule has 0 saturated heterocycles. The predicted molar refractivity (Wildman–Crippen MR) is 118 cm³/mol. The van der Waals surface area contributed by atoms with Crippen molar-refractivity contribution >= 4 is 0 Å². The van der Waals surface area contributed by atoms with Gasteiger partial charge in [-0.2, -0.15) is 0 Å². The van der Waals surface area contributed by atoms with E-state index in [2.05, 4.69) is 14.4 Å². The Morgan fingerprint density at radius 1 is 0.560 bits per heavy atom. The van der Waals surface area contributed by atoms with E-state index in [1.54, 1.807) is 24.9 Å². The maximum absolute atomic E-state index is 4.58. The summed E-state index contributed by atoms with van der Waals surface area (Å²) in [6.07, 6.45) is 10.5. The molecule has 0 radical (unpaired) electrons. The van der Waals surface area contributed by atoms with Crippen LogP contribution in [0.1, 0.15) is 63.8 Å². The zero-order valence-electron chi connectivity index (χ0n) is 14.9. The van der Waals surface area contributed by atoms with E-state index in [0.29, 0.717) is 0 Å². The summed E-state index contributed by atoms with van der Waals surface area (Å²) in [7, 11) is 0. The summed E-state index contributed by atoms with van der Waals surface area (Å²) in [6.45, 7) is 12.0. The highest BCUT2D eigenvalue weighted by atomic mass is 16.3. The zero-order valence-corrected chi connectivity index (χ0v) is 14.9. The van der Waals surface area contributed by atoms with Crippen LogP contribution in [0.3, 0.4) is 0 Å². The third kappa shape index (κ3) is 44.9. The molecule has 0 aromatic carbocycles. The molecule has 0 spiro atoms. The molecule has 0 bridgehead atoms. The van der Waals surface area contributed by atoms with Crippen LogP contribution in [-0.2, 0) is 0 Å². The first-order chi connectivity index (χ1) is 11.0. The third-order valence-electron chi connectivity index (χ3n) is 1.49. The lowest BCUT2D eigenvalue weighted by Gasteiger charge is -1.70. The number of aromatic amines is 1. The van der Waals surface area contributed by atoms with Gasteiger partial charge in [0.15, 0.2) is 0 Å².